The van der Waals surface area contributed by atoms with Crippen LogP contribution in [-0.4, -0.2) is 16.9 Å². The fourth-order valence-corrected chi connectivity index (χ4v) is 1.68. The van der Waals surface area contributed by atoms with E-state index in [-0.39, 0.29) is 5.78 Å². The van der Waals surface area contributed by atoms with Crippen molar-refractivity contribution in [2.75, 3.05) is 0 Å². The van der Waals surface area contributed by atoms with Gasteiger partial charge >= 0.3 is 5.97 Å². The molecular formula is C15H20O3. The van der Waals surface area contributed by atoms with E-state index < -0.39 is 11.4 Å². The number of benzene rings is 1. The molecule has 0 unspecified atom stereocenters. The third kappa shape index (κ3) is 3.19. The molecule has 0 saturated heterocycles. The summed E-state index contributed by atoms with van der Waals surface area (Å²) in [6.07, 6.45) is 0.516. The maximum absolute atomic E-state index is 11.8. The summed E-state index contributed by atoms with van der Waals surface area (Å²) in [6, 6.07) is 6.87. The summed E-state index contributed by atoms with van der Waals surface area (Å²) in [5, 5.41) is 9.13. The first-order valence-corrected chi connectivity index (χ1v) is 6.12. The van der Waals surface area contributed by atoms with Gasteiger partial charge in [-0.25, -0.2) is 0 Å². The molecule has 1 aromatic rings. The lowest BCUT2D eigenvalue weighted by Gasteiger charge is -2.19. The van der Waals surface area contributed by atoms with Crippen LogP contribution >= 0.6 is 0 Å². The summed E-state index contributed by atoms with van der Waals surface area (Å²) < 4.78 is 0. The molecule has 0 aliphatic rings. The Balaban J connectivity index is 2.93. The first-order chi connectivity index (χ1) is 8.25. The monoisotopic (exact) mass is 248 g/mol. The zero-order valence-corrected chi connectivity index (χ0v) is 11.4. The Kier molecular flexibility index (Phi) is 4.28. The number of carbonyl (C=O) groups is 2. The highest BCUT2D eigenvalue weighted by Gasteiger charge is 2.29. The average molecular weight is 248 g/mol. The second kappa shape index (κ2) is 5.34. The van der Waals surface area contributed by atoms with Crippen LogP contribution in [0.3, 0.4) is 0 Å². The van der Waals surface area contributed by atoms with Crippen LogP contribution in [0.2, 0.25) is 0 Å². The molecule has 98 valence electrons. The molecule has 3 nitrogen and oxygen atoms in total. The van der Waals surface area contributed by atoms with Gasteiger partial charge < -0.3 is 5.11 Å². The number of ketones is 1. The molecule has 0 heterocycles. The molecule has 18 heavy (non-hydrogen) atoms. The first-order valence-electron chi connectivity index (χ1n) is 6.12. The van der Waals surface area contributed by atoms with Crippen molar-refractivity contribution < 1.29 is 14.7 Å². The largest absolute Gasteiger partial charge is 0.481 e. The molecule has 0 aliphatic heterocycles. The van der Waals surface area contributed by atoms with E-state index in [1.165, 1.54) is 0 Å². The minimum Gasteiger partial charge on any atom is -0.481 e. The Bertz CT molecular complexity index is 441. The topological polar surface area (TPSA) is 54.4 Å². The van der Waals surface area contributed by atoms with Crippen LogP contribution in [-0.2, 0) is 10.2 Å². The number of carbonyl (C=O) groups excluding carboxylic acids is 1. The summed E-state index contributed by atoms with van der Waals surface area (Å²) in [6.45, 7) is 7.31. The third-order valence-corrected chi connectivity index (χ3v) is 3.06. The van der Waals surface area contributed by atoms with Crippen LogP contribution in [0, 0.1) is 5.92 Å². The minimum absolute atomic E-state index is 0.102. The van der Waals surface area contributed by atoms with Crippen molar-refractivity contribution in [3.05, 3.63) is 35.4 Å². The lowest BCUT2D eigenvalue weighted by molar-refractivity contribution is -0.142. The Hall–Kier alpha value is -1.64. The molecule has 0 amide bonds. The summed E-state index contributed by atoms with van der Waals surface area (Å²) in [5.41, 5.74) is 0.421. The fraction of sp³-hybridized carbons (Fsp3) is 0.467. The molecule has 0 saturated carbocycles. The van der Waals surface area contributed by atoms with E-state index in [9.17, 15) is 9.59 Å². The molecule has 0 aromatic heterocycles. The maximum Gasteiger partial charge on any atom is 0.313 e. The molecule has 0 radical (unpaired) electrons. The van der Waals surface area contributed by atoms with Crippen molar-refractivity contribution in [2.45, 2.75) is 39.5 Å². The molecule has 0 fully saturated rings. The lowest BCUT2D eigenvalue weighted by atomic mass is 9.84. The van der Waals surface area contributed by atoms with Crippen LogP contribution in [0.15, 0.2) is 24.3 Å². The number of aliphatic carboxylic acids is 1. The molecule has 1 rings (SSSR count). The summed E-state index contributed by atoms with van der Waals surface area (Å²) in [4.78, 5) is 23.0. The van der Waals surface area contributed by atoms with Gasteiger partial charge in [0.25, 0.3) is 0 Å². The molecule has 3 heteroatoms. The van der Waals surface area contributed by atoms with Gasteiger partial charge in [-0.2, -0.15) is 0 Å². The van der Waals surface area contributed by atoms with Crippen LogP contribution < -0.4 is 0 Å². The second-order valence-electron chi connectivity index (χ2n) is 5.53. The first kappa shape index (κ1) is 14.4. The summed E-state index contributed by atoms with van der Waals surface area (Å²) in [7, 11) is 0. The number of hydrogen-bond donors (Lipinski definition) is 1. The Labute approximate surface area is 108 Å². The van der Waals surface area contributed by atoms with Gasteiger partial charge in [0.15, 0.2) is 5.78 Å². The molecule has 1 aromatic carbocycles. The molecular weight excluding hydrogens is 228 g/mol. The van der Waals surface area contributed by atoms with Crippen LogP contribution in [0.5, 0.6) is 0 Å². The number of carboxylic acids is 1. The predicted molar refractivity (Wildman–Crippen MR) is 70.9 cm³/mol. The number of Topliss-reactive ketones (excluding diaryl/α,β-unsaturated/α-hetero) is 1. The maximum atomic E-state index is 11.8. The van der Waals surface area contributed by atoms with Crippen molar-refractivity contribution in [3.8, 4) is 0 Å². The number of carboxylic acid groups (broad SMARTS) is 1. The van der Waals surface area contributed by atoms with Gasteiger partial charge in [0.2, 0.25) is 0 Å². The van der Waals surface area contributed by atoms with Crippen LogP contribution in [0.4, 0.5) is 0 Å². The van der Waals surface area contributed by atoms with Gasteiger partial charge in [-0.15, -0.1) is 0 Å². The highest BCUT2D eigenvalue weighted by atomic mass is 16.4. The van der Waals surface area contributed by atoms with Crippen molar-refractivity contribution in [2.24, 2.45) is 5.92 Å². The van der Waals surface area contributed by atoms with Gasteiger partial charge in [0, 0.05) is 12.0 Å². The van der Waals surface area contributed by atoms with Crippen molar-refractivity contribution >= 4 is 11.8 Å². The normalized spacial score (nSPS) is 11.6. The van der Waals surface area contributed by atoms with Crippen LogP contribution in [0.1, 0.15) is 50.0 Å². The van der Waals surface area contributed by atoms with Crippen molar-refractivity contribution in [1.29, 1.82) is 0 Å². The SMILES string of the molecule is CC(C)CC(=O)c1ccc(C(C)(C)C(=O)O)cc1. The van der Waals surface area contributed by atoms with Gasteiger partial charge in [-0.05, 0) is 25.3 Å². The van der Waals surface area contributed by atoms with E-state index in [1.54, 1.807) is 38.1 Å². The molecule has 0 atom stereocenters. The Morgan fingerprint density at radius 3 is 2.06 bits per heavy atom. The summed E-state index contributed by atoms with van der Waals surface area (Å²) in [5.74, 6) is -0.443. The van der Waals surface area contributed by atoms with E-state index in [1.807, 2.05) is 13.8 Å². The molecule has 1 N–H and O–H groups in total. The Morgan fingerprint density at radius 2 is 1.67 bits per heavy atom. The van der Waals surface area contributed by atoms with E-state index in [2.05, 4.69) is 0 Å². The zero-order chi connectivity index (χ0) is 13.9. The quantitative estimate of drug-likeness (QED) is 0.813. The highest BCUT2D eigenvalue weighted by Crippen LogP contribution is 2.24. The molecule has 0 aliphatic carbocycles. The highest BCUT2D eigenvalue weighted by molar-refractivity contribution is 5.96. The van der Waals surface area contributed by atoms with E-state index in [4.69, 9.17) is 5.11 Å². The van der Waals surface area contributed by atoms with Crippen molar-refractivity contribution in [3.63, 3.8) is 0 Å². The fourth-order valence-electron chi connectivity index (χ4n) is 1.68. The van der Waals surface area contributed by atoms with Crippen molar-refractivity contribution in [1.82, 2.24) is 0 Å². The van der Waals surface area contributed by atoms with Gasteiger partial charge in [-0.1, -0.05) is 38.1 Å². The third-order valence-electron chi connectivity index (χ3n) is 3.06. The number of hydrogen-bond acceptors (Lipinski definition) is 2. The number of rotatable bonds is 5. The smallest absolute Gasteiger partial charge is 0.313 e. The second-order valence-corrected chi connectivity index (χ2v) is 5.53. The predicted octanol–water partition coefficient (Wildman–Crippen LogP) is 3.28. The van der Waals surface area contributed by atoms with Gasteiger partial charge in [0.1, 0.15) is 0 Å². The molecule has 0 spiro atoms. The standard InChI is InChI=1S/C15H20O3/c1-10(2)9-13(16)11-5-7-12(8-6-11)15(3,4)14(17)18/h5-8,10H,9H2,1-4H3,(H,17,18). The van der Waals surface area contributed by atoms with E-state index in [0.717, 1.165) is 0 Å². The average Bonchev–Trinajstić information content (AvgIpc) is 2.28. The Morgan fingerprint density at radius 1 is 1.17 bits per heavy atom. The zero-order valence-electron chi connectivity index (χ0n) is 11.4. The van der Waals surface area contributed by atoms with E-state index in [0.29, 0.717) is 23.5 Å². The summed E-state index contributed by atoms with van der Waals surface area (Å²) >= 11 is 0. The minimum atomic E-state index is -0.931. The van der Waals surface area contributed by atoms with Gasteiger partial charge in [-0.3, -0.25) is 9.59 Å². The lowest BCUT2D eigenvalue weighted by Crippen LogP contribution is -2.28. The van der Waals surface area contributed by atoms with E-state index >= 15 is 0 Å². The van der Waals surface area contributed by atoms with Crippen LogP contribution in [0.25, 0.3) is 0 Å². The molecule has 0 bridgehead atoms. The van der Waals surface area contributed by atoms with Gasteiger partial charge in [0.05, 0.1) is 5.41 Å².